The zero-order chi connectivity index (χ0) is 16.7. The fourth-order valence-electron chi connectivity index (χ4n) is 1.67. The van der Waals surface area contributed by atoms with Crippen molar-refractivity contribution in [2.24, 2.45) is 0 Å². The maximum atomic E-state index is 12.0. The molecule has 0 aliphatic rings. The first-order valence-corrected chi connectivity index (χ1v) is 6.89. The zero-order valence-electron chi connectivity index (χ0n) is 12.7. The van der Waals surface area contributed by atoms with Crippen LogP contribution in [-0.2, 0) is 9.53 Å². The van der Waals surface area contributed by atoms with Gasteiger partial charge in [-0.05, 0) is 43.3 Å². The van der Waals surface area contributed by atoms with Crippen molar-refractivity contribution in [3.8, 4) is 11.5 Å². The monoisotopic (exact) mass is 312 g/mol. The lowest BCUT2D eigenvalue weighted by Crippen LogP contribution is -2.09. The number of benzene rings is 2. The summed E-state index contributed by atoms with van der Waals surface area (Å²) >= 11 is 0. The molecule has 0 fully saturated rings. The first-order valence-electron chi connectivity index (χ1n) is 6.89. The van der Waals surface area contributed by atoms with E-state index in [2.05, 4.69) is 6.58 Å². The van der Waals surface area contributed by atoms with E-state index in [0.717, 1.165) is 11.6 Å². The third-order valence-electron chi connectivity index (χ3n) is 2.91. The van der Waals surface area contributed by atoms with E-state index in [4.69, 9.17) is 14.2 Å². The molecule has 0 aromatic heterocycles. The molecule has 5 heteroatoms. The number of hydrogen-bond donors (Lipinski definition) is 0. The summed E-state index contributed by atoms with van der Waals surface area (Å²) in [5, 5.41) is 0. The van der Waals surface area contributed by atoms with Gasteiger partial charge in [-0.2, -0.15) is 0 Å². The van der Waals surface area contributed by atoms with E-state index in [-0.39, 0.29) is 6.79 Å². The predicted octanol–water partition coefficient (Wildman–Crippen LogP) is 3.28. The maximum absolute atomic E-state index is 12.0. The average Bonchev–Trinajstić information content (AvgIpc) is 2.56. The molecule has 0 atom stereocenters. The summed E-state index contributed by atoms with van der Waals surface area (Å²) in [6, 6.07) is 13.5. The molecule has 0 bridgehead atoms. The van der Waals surface area contributed by atoms with Gasteiger partial charge < -0.3 is 14.2 Å². The van der Waals surface area contributed by atoms with Crippen LogP contribution in [0.5, 0.6) is 11.5 Å². The molecule has 0 N–H and O–H groups in total. The topological polar surface area (TPSA) is 61.8 Å². The predicted molar refractivity (Wildman–Crippen MR) is 84.4 cm³/mol. The van der Waals surface area contributed by atoms with Gasteiger partial charge in [0.15, 0.2) is 0 Å². The van der Waals surface area contributed by atoms with Gasteiger partial charge in [-0.25, -0.2) is 9.59 Å². The van der Waals surface area contributed by atoms with Crippen LogP contribution in [0.4, 0.5) is 0 Å². The van der Waals surface area contributed by atoms with Gasteiger partial charge in [0, 0.05) is 6.08 Å². The smallest absolute Gasteiger partial charge is 0.343 e. The highest BCUT2D eigenvalue weighted by molar-refractivity contribution is 5.91. The van der Waals surface area contributed by atoms with E-state index in [9.17, 15) is 9.59 Å². The van der Waals surface area contributed by atoms with Crippen molar-refractivity contribution in [2.75, 3.05) is 6.79 Å². The average molecular weight is 312 g/mol. The van der Waals surface area contributed by atoms with Crippen molar-refractivity contribution in [3.63, 3.8) is 0 Å². The molecule has 0 radical (unpaired) electrons. The van der Waals surface area contributed by atoms with Crippen LogP contribution in [0.3, 0.4) is 0 Å². The van der Waals surface area contributed by atoms with Crippen LogP contribution in [0, 0.1) is 6.92 Å². The SMILES string of the molecule is C=CC(=O)OCOc1ccc(OC(=O)c2ccc(C)cc2)cc1. The Morgan fingerprint density at radius 3 is 2.22 bits per heavy atom. The molecule has 0 amide bonds. The van der Waals surface area contributed by atoms with E-state index in [1.807, 2.05) is 19.1 Å². The third kappa shape index (κ3) is 5.00. The van der Waals surface area contributed by atoms with Crippen molar-refractivity contribution < 1.29 is 23.8 Å². The number of rotatable bonds is 6. The first-order chi connectivity index (χ1) is 11.1. The van der Waals surface area contributed by atoms with Crippen LogP contribution in [0.15, 0.2) is 61.2 Å². The van der Waals surface area contributed by atoms with Gasteiger partial charge in [0.2, 0.25) is 6.79 Å². The van der Waals surface area contributed by atoms with Gasteiger partial charge in [0.1, 0.15) is 11.5 Å². The summed E-state index contributed by atoms with van der Waals surface area (Å²) in [5.41, 5.74) is 1.55. The molecular weight excluding hydrogens is 296 g/mol. The molecule has 2 aromatic rings. The normalized spacial score (nSPS) is 9.78. The molecule has 0 saturated carbocycles. The second-order valence-electron chi connectivity index (χ2n) is 4.66. The summed E-state index contributed by atoms with van der Waals surface area (Å²) in [4.78, 5) is 22.8. The van der Waals surface area contributed by atoms with Crippen LogP contribution in [0.25, 0.3) is 0 Å². The highest BCUT2D eigenvalue weighted by Gasteiger charge is 2.08. The van der Waals surface area contributed by atoms with Crippen LogP contribution >= 0.6 is 0 Å². The summed E-state index contributed by atoms with van der Waals surface area (Å²) in [6.45, 7) is 5.01. The zero-order valence-corrected chi connectivity index (χ0v) is 12.7. The summed E-state index contributed by atoms with van der Waals surface area (Å²) in [5.74, 6) is -0.116. The summed E-state index contributed by atoms with van der Waals surface area (Å²) in [6.07, 6.45) is 1.05. The van der Waals surface area contributed by atoms with Crippen molar-refractivity contribution in [3.05, 3.63) is 72.3 Å². The molecular formula is C18H16O5. The number of aryl methyl sites for hydroxylation is 1. The molecule has 118 valence electrons. The summed E-state index contributed by atoms with van der Waals surface area (Å²) < 4.78 is 15.2. The lowest BCUT2D eigenvalue weighted by Gasteiger charge is -2.08. The molecule has 0 saturated heterocycles. The largest absolute Gasteiger partial charge is 0.457 e. The molecule has 0 aliphatic carbocycles. The second-order valence-corrected chi connectivity index (χ2v) is 4.66. The quantitative estimate of drug-likeness (QED) is 0.354. The molecule has 0 unspecified atom stereocenters. The minimum absolute atomic E-state index is 0.215. The van der Waals surface area contributed by atoms with E-state index < -0.39 is 11.9 Å². The van der Waals surface area contributed by atoms with Gasteiger partial charge in [0.25, 0.3) is 0 Å². The van der Waals surface area contributed by atoms with E-state index in [1.54, 1.807) is 36.4 Å². The molecule has 0 spiro atoms. The number of carbonyl (C=O) groups is 2. The molecule has 23 heavy (non-hydrogen) atoms. The molecule has 2 rings (SSSR count). The Morgan fingerprint density at radius 2 is 1.61 bits per heavy atom. The van der Waals surface area contributed by atoms with Crippen LogP contribution in [0.1, 0.15) is 15.9 Å². The Balaban J connectivity index is 1.89. The van der Waals surface area contributed by atoms with Crippen molar-refractivity contribution >= 4 is 11.9 Å². The summed E-state index contributed by atoms with van der Waals surface area (Å²) in [7, 11) is 0. The van der Waals surface area contributed by atoms with E-state index in [0.29, 0.717) is 17.1 Å². The van der Waals surface area contributed by atoms with Gasteiger partial charge >= 0.3 is 11.9 Å². The Labute approximate surface area is 134 Å². The van der Waals surface area contributed by atoms with Gasteiger partial charge in [-0.15, -0.1) is 0 Å². The number of esters is 2. The molecule has 0 heterocycles. The second kappa shape index (κ2) is 7.79. The molecule has 5 nitrogen and oxygen atoms in total. The fraction of sp³-hybridized carbons (Fsp3) is 0.111. The lowest BCUT2D eigenvalue weighted by atomic mass is 10.1. The highest BCUT2D eigenvalue weighted by atomic mass is 16.7. The Bertz CT molecular complexity index is 686. The molecule has 0 aliphatic heterocycles. The number of hydrogen-bond acceptors (Lipinski definition) is 5. The Hall–Kier alpha value is -3.08. The standard InChI is InChI=1S/C18H16O5/c1-3-17(19)22-12-21-15-8-10-16(11-9-15)23-18(20)14-6-4-13(2)5-7-14/h3-11H,1,12H2,2H3. The first kappa shape index (κ1) is 16.3. The van der Waals surface area contributed by atoms with Gasteiger partial charge in [-0.1, -0.05) is 24.3 Å². The Kier molecular flexibility index (Phi) is 5.52. The van der Waals surface area contributed by atoms with Gasteiger partial charge in [-0.3, -0.25) is 0 Å². The maximum Gasteiger partial charge on any atom is 0.343 e. The number of carbonyl (C=O) groups excluding carboxylic acids is 2. The highest BCUT2D eigenvalue weighted by Crippen LogP contribution is 2.19. The van der Waals surface area contributed by atoms with Crippen LogP contribution in [0.2, 0.25) is 0 Å². The van der Waals surface area contributed by atoms with Crippen LogP contribution < -0.4 is 9.47 Å². The van der Waals surface area contributed by atoms with Crippen molar-refractivity contribution in [2.45, 2.75) is 6.92 Å². The Morgan fingerprint density at radius 1 is 1.00 bits per heavy atom. The van der Waals surface area contributed by atoms with Crippen molar-refractivity contribution in [1.82, 2.24) is 0 Å². The fourth-order valence-corrected chi connectivity index (χ4v) is 1.67. The number of ether oxygens (including phenoxy) is 3. The third-order valence-corrected chi connectivity index (χ3v) is 2.91. The molecule has 2 aromatic carbocycles. The van der Waals surface area contributed by atoms with E-state index >= 15 is 0 Å². The van der Waals surface area contributed by atoms with Crippen molar-refractivity contribution in [1.29, 1.82) is 0 Å². The lowest BCUT2D eigenvalue weighted by molar-refractivity contribution is -0.144. The minimum atomic E-state index is -0.561. The van der Waals surface area contributed by atoms with Gasteiger partial charge in [0.05, 0.1) is 5.56 Å². The van der Waals surface area contributed by atoms with E-state index in [1.165, 1.54) is 0 Å². The minimum Gasteiger partial charge on any atom is -0.457 e. The van der Waals surface area contributed by atoms with Crippen LogP contribution in [-0.4, -0.2) is 18.7 Å².